The van der Waals surface area contributed by atoms with Crippen LogP contribution in [0, 0.1) is 0 Å². The fourth-order valence-corrected chi connectivity index (χ4v) is 1.41. The summed E-state index contributed by atoms with van der Waals surface area (Å²) in [5.74, 6) is 1.06. The van der Waals surface area contributed by atoms with Gasteiger partial charge < -0.3 is 5.73 Å². The largest absolute Gasteiger partial charge is 0.384 e. The van der Waals surface area contributed by atoms with Crippen molar-refractivity contribution in [3.63, 3.8) is 0 Å². The highest BCUT2D eigenvalue weighted by molar-refractivity contribution is 5.55. The first-order valence-electron chi connectivity index (χ1n) is 4.84. The van der Waals surface area contributed by atoms with E-state index in [4.69, 9.17) is 5.73 Å². The van der Waals surface area contributed by atoms with E-state index in [1.165, 1.54) is 0 Å². The first-order chi connectivity index (χ1) is 7.31. The molecule has 0 spiro atoms. The van der Waals surface area contributed by atoms with Crippen LogP contribution in [0.2, 0.25) is 0 Å². The van der Waals surface area contributed by atoms with Crippen LogP contribution >= 0.6 is 0 Å². The van der Waals surface area contributed by atoms with Gasteiger partial charge >= 0.3 is 0 Å². The van der Waals surface area contributed by atoms with Crippen molar-refractivity contribution in [2.24, 2.45) is 0 Å². The molecule has 0 aliphatic rings. The van der Waals surface area contributed by atoms with Crippen molar-refractivity contribution in [2.45, 2.75) is 13.3 Å². The van der Waals surface area contributed by atoms with Crippen molar-refractivity contribution in [3.05, 3.63) is 36.2 Å². The molecule has 15 heavy (non-hydrogen) atoms. The maximum Gasteiger partial charge on any atom is 0.180 e. The predicted molar refractivity (Wildman–Crippen MR) is 59.1 cm³/mol. The summed E-state index contributed by atoms with van der Waals surface area (Å²) < 4.78 is 0. The van der Waals surface area contributed by atoms with E-state index in [0.717, 1.165) is 17.7 Å². The molecule has 0 saturated carbocycles. The third kappa shape index (κ3) is 1.93. The molecule has 2 heterocycles. The third-order valence-corrected chi connectivity index (χ3v) is 2.16. The van der Waals surface area contributed by atoms with Crippen LogP contribution in [-0.4, -0.2) is 15.0 Å². The van der Waals surface area contributed by atoms with Crippen LogP contribution < -0.4 is 5.73 Å². The summed E-state index contributed by atoms with van der Waals surface area (Å²) in [5, 5.41) is 0. The molecule has 0 fully saturated rings. The lowest BCUT2D eigenvalue weighted by Crippen LogP contribution is -1.98. The van der Waals surface area contributed by atoms with Gasteiger partial charge in [-0.1, -0.05) is 13.0 Å². The fourth-order valence-electron chi connectivity index (χ4n) is 1.41. The van der Waals surface area contributed by atoms with Gasteiger partial charge in [-0.2, -0.15) is 0 Å². The molecule has 0 aliphatic carbocycles. The molecule has 4 nitrogen and oxygen atoms in total. The van der Waals surface area contributed by atoms with Crippen molar-refractivity contribution in [1.82, 2.24) is 15.0 Å². The lowest BCUT2D eigenvalue weighted by atomic mass is 10.1. The molecular weight excluding hydrogens is 188 g/mol. The minimum absolute atomic E-state index is 0.465. The average Bonchev–Trinajstić information content (AvgIpc) is 2.29. The Kier molecular flexibility index (Phi) is 2.58. The number of aromatic nitrogens is 3. The van der Waals surface area contributed by atoms with Crippen molar-refractivity contribution >= 4 is 5.82 Å². The minimum atomic E-state index is 0.465. The highest BCUT2D eigenvalue weighted by atomic mass is 15.0. The average molecular weight is 200 g/mol. The minimum Gasteiger partial charge on any atom is -0.384 e. The molecule has 2 rings (SSSR count). The molecule has 0 atom stereocenters. The van der Waals surface area contributed by atoms with E-state index in [9.17, 15) is 0 Å². The second kappa shape index (κ2) is 4.04. The standard InChI is InChI=1S/C11H12N4/c1-2-8-4-3-6-13-10(8)11-14-7-5-9(12)15-11/h3-7H,2H2,1H3,(H2,12,14,15). The van der Waals surface area contributed by atoms with E-state index < -0.39 is 0 Å². The predicted octanol–water partition coefficient (Wildman–Crippen LogP) is 1.68. The van der Waals surface area contributed by atoms with Crippen LogP contribution in [-0.2, 0) is 6.42 Å². The number of pyridine rings is 1. The molecule has 2 aromatic rings. The van der Waals surface area contributed by atoms with Crippen LogP contribution in [0.3, 0.4) is 0 Å². The maximum absolute atomic E-state index is 5.61. The summed E-state index contributed by atoms with van der Waals surface area (Å²) in [6.45, 7) is 2.08. The summed E-state index contributed by atoms with van der Waals surface area (Å²) in [6.07, 6.45) is 4.29. The Morgan fingerprint density at radius 1 is 1.20 bits per heavy atom. The van der Waals surface area contributed by atoms with Crippen LogP contribution in [0.1, 0.15) is 12.5 Å². The van der Waals surface area contributed by atoms with Crippen LogP contribution in [0.5, 0.6) is 0 Å². The zero-order valence-electron chi connectivity index (χ0n) is 8.51. The van der Waals surface area contributed by atoms with Crippen molar-refractivity contribution in [2.75, 3.05) is 5.73 Å². The molecule has 0 aliphatic heterocycles. The number of hydrogen-bond acceptors (Lipinski definition) is 4. The molecule has 0 aromatic carbocycles. The van der Waals surface area contributed by atoms with E-state index in [1.807, 2.05) is 12.1 Å². The van der Waals surface area contributed by atoms with Crippen LogP contribution in [0.4, 0.5) is 5.82 Å². The van der Waals surface area contributed by atoms with Gasteiger partial charge in [0, 0.05) is 12.4 Å². The molecule has 76 valence electrons. The lowest BCUT2D eigenvalue weighted by molar-refractivity contribution is 1.07. The number of hydrogen-bond donors (Lipinski definition) is 1. The highest BCUT2D eigenvalue weighted by Gasteiger charge is 2.07. The number of nitrogens with zero attached hydrogens (tertiary/aromatic N) is 3. The highest BCUT2D eigenvalue weighted by Crippen LogP contribution is 2.17. The van der Waals surface area contributed by atoms with E-state index in [1.54, 1.807) is 18.5 Å². The molecule has 0 unspecified atom stereocenters. The van der Waals surface area contributed by atoms with Crippen molar-refractivity contribution in [1.29, 1.82) is 0 Å². The zero-order chi connectivity index (χ0) is 10.7. The van der Waals surface area contributed by atoms with Crippen molar-refractivity contribution < 1.29 is 0 Å². The monoisotopic (exact) mass is 200 g/mol. The maximum atomic E-state index is 5.61. The number of nitrogens with two attached hydrogens (primary N) is 1. The SMILES string of the molecule is CCc1cccnc1-c1nccc(N)n1. The molecule has 0 saturated heterocycles. The Morgan fingerprint density at radius 3 is 2.80 bits per heavy atom. The van der Waals surface area contributed by atoms with E-state index >= 15 is 0 Å². The molecule has 0 bridgehead atoms. The lowest BCUT2D eigenvalue weighted by Gasteiger charge is -2.04. The Hall–Kier alpha value is -1.97. The Morgan fingerprint density at radius 2 is 2.07 bits per heavy atom. The molecule has 4 heteroatoms. The summed E-state index contributed by atoms with van der Waals surface area (Å²) >= 11 is 0. The molecule has 0 amide bonds. The summed E-state index contributed by atoms with van der Waals surface area (Å²) in [7, 11) is 0. The van der Waals surface area contributed by atoms with Crippen LogP contribution in [0.25, 0.3) is 11.5 Å². The Bertz CT molecular complexity index is 468. The number of anilines is 1. The number of rotatable bonds is 2. The van der Waals surface area contributed by atoms with Gasteiger partial charge in [-0.15, -0.1) is 0 Å². The molecular formula is C11H12N4. The van der Waals surface area contributed by atoms with Crippen LogP contribution in [0.15, 0.2) is 30.6 Å². The van der Waals surface area contributed by atoms with Gasteiger partial charge in [0.2, 0.25) is 0 Å². The van der Waals surface area contributed by atoms with E-state index in [-0.39, 0.29) is 0 Å². The number of aryl methyl sites for hydroxylation is 1. The molecule has 2 N–H and O–H groups in total. The number of nitrogen functional groups attached to an aromatic ring is 1. The van der Waals surface area contributed by atoms with Gasteiger partial charge in [-0.3, -0.25) is 4.98 Å². The molecule has 2 aromatic heterocycles. The summed E-state index contributed by atoms with van der Waals surface area (Å²) in [4.78, 5) is 12.6. The topological polar surface area (TPSA) is 64.7 Å². The van der Waals surface area contributed by atoms with Gasteiger partial charge in [0.1, 0.15) is 11.5 Å². The third-order valence-electron chi connectivity index (χ3n) is 2.16. The fraction of sp³-hybridized carbons (Fsp3) is 0.182. The normalized spacial score (nSPS) is 10.2. The molecule has 0 radical (unpaired) electrons. The second-order valence-electron chi connectivity index (χ2n) is 3.17. The van der Waals surface area contributed by atoms with E-state index in [2.05, 4.69) is 21.9 Å². The summed E-state index contributed by atoms with van der Waals surface area (Å²) in [6, 6.07) is 5.60. The zero-order valence-corrected chi connectivity index (χ0v) is 8.51. The smallest absolute Gasteiger partial charge is 0.180 e. The van der Waals surface area contributed by atoms with Gasteiger partial charge in [-0.25, -0.2) is 9.97 Å². The van der Waals surface area contributed by atoms with Gasteiger partial charge in [-0.05, 0) is 24.1 Å². The van der Waals surface area contributed by atoms with Gasteiger partial charge in [0.25, 0.3) is 0 Å². The van der Waals surface area contributed by atoms with Gasteiger partial charge in [0.15, 0.2) is 5.82 Å². The Labute approximate surface area is 88.2 Å². The first-order valence-corrected chi connectivity index (χ1v) is 4.84. The Balaban J connectivity index is 2.53. The van der Waals surface area contributed by atoms with Crippen molar-refractivity contribution in [3.8, 4) is 11.5 Å². The quantitative estimate of drug-likeness (QED) is 0.801. The van der Waals surface area contributed by atoms with E-state index in [0.29, 0.717) is 11.6 Å². The first kappa shape index (κ1) is 9.58. The second-order valence-corrected chi connectivity index (χ2v) is 3.17. The summed E-state index contributed by atoms with van der Waals surface area (Å²) in [5.41, 5.74) is 7.55. The van der Waals surface area contributed by atoms with Gasteiger partial charge in [0.05, 0.1) is 0 Å².